The van der Waals surface area contributed by atoms with Gasteiger partial charge in [0.15, 0.2) is 0 Å². The summed E-state index contributed by atoms with van der Waals surface area (Å²) in [7, 11) is -3.93. The molecule has 1 saturated heterocycles. The van der Waals surface area contributed by atoms with Crippen LogP contribution in [0.3, 0.4) is 0 Å². The van der Waals surface area contributed by atoms with Crippen LogP contribution < -0.4 is 5.73 Å². The van der Waals surface area contributed by atoms with Gasteiger partial charge < -0.3 is 5.73 Å². The quantitative estimate of drug-likeness (QED) is 0.925. The van der Waals surface area contributed by atoms with Gasteiger partial charge in [-0.2, -0.15) is 4.31 Å². The molecule has 1 aromatic rings. The zero-order chi connectivity index (χ0) is 15.6. The Labute approximate surface area is 124 Å². The molecule has 2 unspecified atom stereocenters. The highest BCUT2D eigenvalue weighted by atomic mass is 32.2. The van der Waals surface area contributed by atoms with Crippen LogP contribution in [-0.4, -0.2) is 31.9 Å². The lowest BCUT2D eigenvalue weighted by Crippen LogP contribution is -2.49. The minimum Gasteiger partial charge on any atom is -0.329 e. The minimum absolute atomic E-state index is 0.202. The van der Waals surface area contributed by atoms with Crippen molar-refractivity contribution in [1.29, 1.82) is 0 Å². The fourth-order valence-corrected chi connectivity index (χ4v) is 4.53. The Kier molecular flexibility index (Phi) is 4.95. The van der Waals surface area contributed by atoms with E-state index in [1.807, 2.05) is 0 Å². The van der Waals surface area contributed by atoms with Crippen LogP contribution in [0.4, 0.5) is 8.78 Å². The van der Waals surface area contributed by atoms with Crippen molar-refractivity contribution < 1.29 is 17.2 Å². The van der Waals surface area contributed by atoms with E-state index in [2.05, 4.69) is 6.92 Å². The molecule has 1 aliphatic heterocycles. The second-order valence-corrected chi connectivity index (χ2v) is 7.30. The molecule has 0 aliphatic carbocycles. The highest BCUT2D eigenvalue weighted by molar-refractivity contribution is 7.89. The summed E-state index contributed by atoms with van der Waals surface area (Å²) in [6, 6.07) is 2.03. The van der Waals surface area contributed by atoms with E-state index in [0.717, 1.165) is 25.0 Å². The summed E-state index contributed by atoms with van der Waals surface area (Å²) in [5.41, 5.74) is 5.69. The van der Waals surface area contributed by atoms with Gasteiger partial charge in [-0.3, -0.25) is 0 Å². The van der Waals surface area contributed by atoms with E-state index >= 15 is 0 Å². The van der Waals surface area contributed by atoms with E-state index in [0.29, 0.717) is 24.9 Å². The molecule has 0 radical (unpaired) electrons. The van der Waals surface area contributed by atoms with Crippen molar-refractivity contribution in [2.24, 2.45) is 11.7 Å². The smallest absolute Gasteiger partial charge is 0.243 e. The molecule has 1 fully saturated rings. The highest BCUT2D eigenvalue weighted by Crippen LogP contribution is 2.30. The number of halogens is 2. The molecule has 0 aromatic heterocycles. The first-order chi connectivity index (χ1) is 9.88. The number of rotatable bonds is 4. The van der Waals surface area contributed by atoms with Gasteiger partial charge >= 0.3 is 0 Å². The molecule has 2 atom stereocenters. The Balaban J connectivity index is 2.34. The van der Waals surface area contributed by atoms with Crippen molar-refractivity contribution in [3.8, 4) is 0 Å². The van der Waals surface area contributed by atoms with Crippen LogP contribution in [0.25, 0.3) is 0 Å². The van der Waals surface area contributed by atoms with Crippen LogP contribution in [0.5, 0.6) is 0 Å². The van der Waals surface area contributed by atoms with Crippen LogP contribution in [0.1, 0.15) is 26.2 Å². The fourth-order valence-electron chi connectivity index (χ4n) is 2.83. The zero-order valence-corrected chi connectivity index (χ0v) is 12.7. The number of piperidine rings is 1. The summed E-state index contributed by atoms with van der Waals surface area (Å²) in [5.74, 6) is -1.36. The van der Waals surface area contributed by atoms with Crippen LogP contribution in [-0.2, 0) is 10.0 Å². The summed E-state index contributed by atoms with van der Waals surface area (Å²) < 4.78 is 53.0. The molecule has 1 aliphatic rings. The van der Waals surface area contributed by atoms with E-state index in [-0.39, 0.29) is 17.5 Å². The Morgan fingerprint density at radius 3 is 2.43 bits per heavy atom. The van der Waals surface area contributed by atoms with Crippen molar-refractivity contribution in [2.45, 2.75) is 37.1 Å². The third kappa shape index (κ3) is 3.41. The van der Waals surface area contributed by atoms with Crippen molar-refractivity contribution in [1.82, 2.24) is 4.31 Å². The maximum atomic E-state index is 13.3. The Bertz CT molecular complexity index is 587. The van der Waals surface area contributed by atoms with E-state index in [1.54, 1.807) is 0 Å². The number of nitrogens with zero attached hydrogens (tertiary/aromatic N) is 1. The second-order valence-electron chi connectivity index (χ2n) is 5.41. The third-order valence-electron chi connectivity index (χ3n) is 4.06. The monoisotopic (exact) mass is 318 g/mol. The first-order valence-electron chi connectivity index (χ1n) is 7.06. The summed E-state index contributed by atoms with van der Waals surface area (Å²) in [6.07, 6.45) is 2.40. The molecule has 21 heavy (non-hydrogen) atoms. The maximum Gasteiger partial charge on any atom is 0.243 e. The number of nitrogens with two attached hydrogens (primary N) is 1. The van der Waals surface area contributed by atoms with Gasteiger partial charge in [-0.25, -0.2) is 17.2 Å². The van der Waals surface area contributed by atoms with Crippen LogP contribution >= 0.6 is 0 Å². The molecule has 1 heterocycles. The molecule has 0 saturated carbocycles. The summed E-state index contributed by atoms with van der Waals surface area (Å²) >= 11 is 0. The van der Waals surface area contributed by atoms with Gasteiger partial charge in [0, 0.05) is 25.2 Å². The highest BCUT2D eigenvalue weighted by Gasteiger charge is 2.36. The maximum absolute atomic E-state index is 13.3. The van der Waals surface area contributed by atoms with Crippen molar-refractivity contribution >= 4 is 10.0 Å². The molecule has 0 amide bonds. The molecule has 7 heteroatoms. The Hall–Kier alpha value is -1.05. The lowest BCUT2D eigenvalue weighted by Gasteiger charge is -2.37. The lowest BCUT2D eigenvalue weighted by atomic mass is 9.90. The predicted molar refractivity (Wildman–Crippen MR) is 76.1 cm³/mol. The van der Waals surface area contributed by atoms with Crippen LogP contribution in [0, 0.1) is 17.6 Å². The molecular weight excluding hydrogens is 298 g/mol. The average molecular weight is 318 g/mol. The average Bonchev–Trinajstić information content (AvgIpc) is 2.45. The zero-order valence-electron chi connectivity index (χ0n) is 11.9. The van der Waals surface area contributed by atoms with Gasteiger partial charge in [0.2, 0.25) is 10.0 Å². The third-order valence-corrected chi connectivity index (χ3v) is 5.99. The van der Waals surface area contributed by atoms with E-state index < -0.39 is 21.7 Å². The van der Waals surface area contributed by atoms with Crippen molar-refractivity contribution in [3.63, 3.8) is 0 Å². The first-order valence-corrected chi connectivity index (χ1v) is 8.50. The van der Waals surface area contributed by atoms with Gasteiger partial charge in [-0.15, -0.1) is 0 Å². The standard InChI is InChI=1S/C14H20F2N2O2S/c1-2-10-3-4-18(13(5-10)9-17)21(19,20)14-7-11(15)6-12(16)8-14/h6-8,10,13H,2-5,9,17H2,1H3. The largest absolute Gasteiger partial charge is 0.329 e. The Morgan fingerprint density at radius 1 is 1.29 bits per heavy atom. The van der Waals surface area contributed by atoms with Gasteiger partial charge in [0.05, 0.1) is 4.90 Å². The topological polar surface area (TPSA) is 63.4 Å². The fraction of sp³-hybridized carbons (Fsp3) is 0.571. The number of sulfonamides is 1. The SMILES string of the molecule is CCC1CCN(S(=O)(=O)c2cc(F)cc(F)c2)C(CN)C1. The molecule has 0 spiro atoms. The van der Waals surface area contributed by atoms with E-state index in [4.69, 9.17) is 5.73 Å². The lowest BCUT2D eigenvalue weighted by molar-refractivity contribution is 0.197. The van der Waals surface area contributed by atoms with Gasteiger partial charge in [0.25, 0.3) is 0 Å². The van der Waals surface area contributed by atoms with Crippen LogP contribution in [0.15, 0.2) is 23.1 Å². The molecule has 0 bridgehead atoms. The van der Waals surface area contributed by atoms with Crippen molar-refractivity contribution in [2.75, 3.05) is 13.1 Å². The van der Waals surface area contributed by atoms with Crippen LogP contribution in [0.2, 0.25) is 0 Å². The molecular formula is C14H20F2N2O2S. The van der Waals surface area contributed by atoms with Gasteiger partial charge in [0.1, 0.15) is 11.6 Å². The summed E-state index contributed by atoms with van der Waals surface area (Å²) in [5, 5.41) is 0. The number of hydrogen-bond acceptors (Lipinski definition) is 3. The second kappa shape index (κ2) is 6.37. The number of benzene rings is 1. The molecule has 2 rings (SSSR count). The number of hydrogen-bond donors (Lipinski definition) is 1. The van der Waals surface area contributed by atoms with E-state index in [9.17, 15) is 17.2 Å². The molecule has 1 aromatic carbocycles. The normalized spacial score (nSPS) is 24.2. The van der Waals surface area contributed by atoms with Crippen molar-refractivity contribution in [3.05, 3.63) is 29.8 Å². The predicted octanol–water partition coefficient (Wildman–Crippen LogP) is 2.10. The molecule has 4 nitrogen and oxygen atoms in total. The minimum atomic E-state index is -3.93. The summed E-state index contributed by atoms with van der Waals surface area (Å²) in [4.78, 5) is -0.353. The first kappa shape index (κ1) is 16.3. The Morgan fingerprint density at radius 2 is 1.90 bits per heavy atom. The van der Waals surface area contributed by atoms with E-state index in [1.165, 1.54) is 4.31 Å². The molecule has 118 valence electrons. The molecule has 2 N–H and O–H groups in total. The summed E-state index contributed by atoms with van der Waals surface area (Å²) in [6.45, 7) is 2.60. The van der Waals surface area contributed by atoms with Gasteiger partial charge in [-0.1, -0.05) is 13.3 Å². The van der Waals surface area contributed by atoms with Gasteiger partial charge in [-0.05, 0) is 30.9 Å².